The Kier molecular flexibility index (Phi) is 3.28. The van der Waals surface area contributed by atoms with Crippen molar-refractivity contribution in [2.45, 2.75) is 25.7 Å². The van der Waals surface area contributed by atoms with E-state index in [-0.39, 0.29) is 0 Å². The predicted molar refractivity (Wildman–Crippen MR) is 59.5 cm³/mol. The van der Waals surface area contributed by atoms with Crippen LogP contribution in [-0.2, 0) is 0 Å². The summed E-state index contributed by atoms with van der Waals surface area (Å²) in [6, 6.07) is 0. The highest BCUT2D eigenvalue weighted by Gasteiger charge is 2.10. The molecule has 14 heavy (non-hydrogen) atoms. The van der Waals surface area contributed by atoms with Crippen molar-refractivity contribution in [1.82, 2.24) is 10.2 Å². The Balaban J connectivity index is 2.01. The molecular formula is C12H18N2. The highest BCUT2D eigenvalue weighted by atomic mass is 15.1. The zero-order chi connectivity index (χ0) is 9.64. The van der Waals surface area contributed by atoms with E-state index in [1.807, 2.05) is 12.3 Å². The van der Waals surface area contributed by atoms with Crippen molar-refractivity contribution in [3.63, 3.8) is 0 Å². The fourth-order valence-electron chi connectivity index (χ4n) is 1.97. The molecule has 0 bridgehead atoms. The van der Waals surface area contributed by atoms with E-state index in [0.29, 0.717) is 0 Å². The SMILES string of the molecule is C1=CNC=C(N2CCCCCC2)C=C1. The summed E-state index contributed by atoms with van der Waals surface area (Å²) in [6.45, 7) is 2.41. The molecule has 0 atom stereocenters. The first kappa shape index (κ1) is 9.38. The van der Waals surface area contributed by atoms with Crippen LogP contribution in [0.5, 0.6) is 0 Å². The third kappa shape index (κ3) is 2.41. The summed E-state index contributed by atoms with van der Waals surface area (Å²) in [6.07, 6.45) is 15.8. The normalized spacial score (nSPS) is 22.3. The van der Waals surface area contributed by atoms with Crippen LogP contribution >= 0.6 is 0 Å². The van der Waals surface area contributed by atoms with Gasteiger partial charge in [-0.3, -0.25) is 0 Å². The van der Waals surface area contributed by atoms with Gasteiger partial charge in [0.2, 0.25) is 0 Å². The molecule has 0 aliphatic carbocycles. The molecular weight excluding hydrogens is 172 g/mol. The maximum absolute atomic E-state index is 3.17. The third-order valence-electron chi connectivity index (χ3n) is 2.77. The Labute approximate surface area is 86.0 Å². The first-order valence-corrected chi connectivity index (χ1v) is 5.51. The molecule has 1 N–H and O–H groups in total. The standard InChI is InChI=1S/C12H18N2/c1-2-6-10-14(9-5-1)12-7-3-4-8-13-11-12/h3-4,7-8,11,13H,1-2,5-6,9-10H2. The van der Waals surface area contributed by atoms with Crippen molar-refractivity contribution >= 4 is 0 Å². The van der Waals surface area contributed by atoms with E-state index >= 15 is 0 Å². The van der Waals surface area contributed by atoms with E-state index in [0.717, 1.165) is 0 Å². The fraction of sp³-hybridized carbons (Fsp3) is 0.500. The van der Waals surface area contributed by atoms with Crippen LogP contribution in [0.3, 0.4) is 0 Å². The van der Waals surface area contributed by atoms with Gasteiger partial charge in [0, 0.05) is 25.5 Å². The molecule has 1 fully saturated rings. The average molecular weight is 190 g/mol. The van der Waals surface area contributed by atoms with E-state index in [9.17, 15) is 0 Å². The van der Waals surface area contributed by atoms with Crippen LogP contribution in [0.25, 0.3) is 0 Å². The lowest BCUT2D eigenvalue weighted by Crippen LogP contribution is -2.23. The van der Waals surface area contributed by atoms with Crippen LogP contribution in [0, 0.1) is 0 Å². The van der Waals surface area contributed by atoms with Crippen molar-refractivity contribution in [2.75, 3.05) is 13.1 Å². The molecule has 2 aliphatic rings. The van der Waals surface area contributed by atoms with Gasteiger partial charge in [0.05, 0.1) is 5.70 Å². The first-order valence-electron chi connectivity index (χ1n) is 5.51. The Bertz CT molecular complexity index is 255. The van der Waals surface area contributed by atoms with Gasteiger partial charge in [0.1, 0.15) is 0 Å². The topological polar surface area (TPSA) is 15.3 Å². The molecule has 2 heteroatoms. The summed E-state index contributed by atoms with van der Waals surface area (Å²) in [5, 5.41) is 3.17. The van der Waals surface area contributed by atoms with Crippen LogP contribution in [0.1, 0.15) is 25.7 Å². The van der Waals surface area contributed by atoms with Crippen molar-refractivity contribution in [1.29, 1.82) is 0 Å². The molecule has 0 aromatic carbocycles. The van der Waals surface area contributed by atoms with Gasteiger partial charge >= 0.3 is 0 Å². The molecule has 2 aliphatic heterocycles. The lowest BCUT2D eigenvalue weighted by Gasteiger charge is -2.23. The minimum atomic E-state index is 1.21. The van der Waals surface area contributed by atoms with E-state index < -0.39 is 0 Å². The van der Waals surface area contributed by atoms with E-state index in [2.05, 4.69) is 28.6 Å². The van der Waals surface area contributed by atoms with Crippen LogP contribution in [0.2, 0.25) is 0 Å². The quantitative estimate of drug-likeness (QED) is 0.683. The fourth-order valence-corrected chi connectivity index (χ4v) is 1.97. The monoisotopic (exact) mass is 190 g/mol. The molecule has 2 nitrogen and oxygen atoms in total. The number of hydrogen-bond acceptors (Lipinski definition) is 2. The second-order valence-electron chi connectivity index (χ2n) is 3.86. The predicted octanol–water partition coefficient (Wildman–Crippen LogP) is 2.38. The Morgan fingerprint density at radius 2 is 1.79 bits per heavy atom. The Morgan fingerprint density at radius 3 is 2.57 bits per heavy atom. The van der Waals surface area contributed by atoms with E-state index in [1.54, 1.807) is 0 Å². The minimum absolute atomic E-state index is 1.21. The Morgan fingerprint density at radius 1 is 1.00 bits per heavy atom. The third-order valence-corrected chi connectivity index (χ3v) is 2.77. The lowest BCUT2D eigenvalue weighted by atomic mass is 10.2. The largest absolute Gasteiger partial charge is 0.370 e. The summed E-state index contributed by atoms with van der Waals surface area (Å²) in [4.78, 5) is 2.48. The number of nitrogens with one attached hydrogen (secondary N) is 1. The minimum Gasteiger partial charge on any atom is -0.370 e. The van der Waals surface area contributed by atoms with Gasteiger partial charge in [-0.15, -0.1) is 0 Å². The van der Waals surface area contributed by atoms with Crippen LogP contribution in [-0.4, -0.2) is 18.0 Å². The summed E-state index contributed by atoms with van der Waals surface area (Å²) in [5.41, 5.74) is 1.32. The number of allylic oxidation sites excluding steroid dienone is 3. The van der Waals surface area contributed by atoms with Gasteiger partial charge in [-0.05, 0) is 25.0 Å². The van der Waals surface area contributed by atoms with Crippen molar-refractivity contribution in [2.24, 2.45) is 0 Å². The molecule has 0 unspecified atom stereocenters. The second-order valence-corrected chi connectivity index (χ2v) is 3.86. The molecule has 0 aromatic heterocycles. The molecule has 76 valence electrons. The molecule has 0 spiro atoms. The van der Waals surface area contributed by atoms with Gasteiger partial charge in [-0.25, -0.2) is 0 Å². The van der Waals surface area contributed by atoms with Gasteiger partial charge in [0.15, 0.2) is 0 Å². The second kappa shape index (κ2) is 4.89. The molecule has 1 saturated heterocycles. The molecule has 2 heterocycles. The summed E-state index contributed by atoms with van der Waals surface area (Å²) in [5.74, 6) is 0. The summed E-state index contributed by atoms with van der Waals surface area (Å²) >= 11 is 0. The molecule has 0 aromatic rings. The lowest BCUT2D eigenvalue weighted by molar-refractivity contribution is 0.368. The van der Waals surface area contributed by atoms with E-state index in [4.69, 9.17) is 0 Å². The Hall–Kier alpha value is -1.18. The van der Waals surface area contributed by atoms with Gasteiger partial charge < -0.3 is 10.2 Å². The smallest absolute Gasteiger partial charge is 0.0529 e. The number of likely N-dealkylation sites (tertiary alicyclic amines) is 1. The molecule has 0 saturated carbocycles. The highest BCUT2D eigenvalue weighted by molar-refractivity contribution is 5.24. The maximum Gasteiger partial charge on any atom is 0.0529 e. The van der Waals surface area contributed by atoms with Crippen molar-refractivity contribution in [3.8, 4) is 0 Å². The maximum atomic E-state index is 3.17. The number of rotatable bonds is 1. The number of hydrogen-bond donors (Lipinski definition) is 1. The van der Waals surface area contributed by atoms with Gasteiger partial charge in [-0.2, -0.15) is 0 Å². The highest BCUT2D eigenvalue weighted by Crippen LogP contribution is 2.15. The van der Waals surface area contributed by atoms with Crippen LogP contribution in [0.15, 0.2) is 36.3 Å². The average Bonchev–Trinajstić information content (AvgIpc) is 2.62. The van der Waals surface area contributed by atoms with E-state index in [1.165, 1.54) is 44.5 Å². The first-order chi connectivity index (χ1) is 6.97. The number of nitrogens with zero attached hydrogens (tertiary/aromatic N) is 1. The van der Waals surface area contributed by atoms with Crippen molar-refractivity contribution in [3.05, 3.63) is 36.3 Å². The summed E-state index contributed by atoms with van der Waals surface area (Å²) in [7, 11) is 0. The van der Waals surface area contributed by atoms with Crippen LogP contribution < -0.4 is 5.32 Å². The summed E-state index contributed by atoms with van der Waals surface area (Å²) < 4.78 is 0. The zero-order valence-electron chi connectivity index (χ0n) is 8.58. The molecule has 0 radical (unpaired) electrons. The zero-order valence-corrected chi connectivity index (χ0v) is 8.58. The molecule has 0 amide bonds. The van der Waals surface area contributed by atoms with Crippen molar-refractivity contribution < 1.29 is 0 Å². The van der Waals surface area contributed by atoms with Gasteiger partial charge in [0.25, 0.3) is 0 Å². The van der Waals surface area contributed by atoms with Gasteiger partial charge in [-0.1, -0.05) is 18.9 Å². The molecule has 2 rings (SSSR count). The van der Waals surface area contributed by atoms with Crippen LogP contribution in [0.4, 0.5) is 0 Å².